The summed E-state index contributed by atoms with van der Waals surface area (Å²) in [4.78, 5) is 11.3. The summed E-state index contributed by atoms with van der Waals surface area (Å²) in [5.41, 5.74) is 0.887. The first kappa shape index (κ1) is 24.9. The molecule has 9 heteroatoms. The fraction of sp³-hybridized carbons (Fsp3) is 0.571. The number of hydrogen-bond donors (Lipinski definition) is 2. The summed E-state index contributed by atoms with van der Waals surface area (Å²) >= 11 is 5.91. The van der Waals surface area contributed by atoms with Crippen LogP contribution in [0.5, 0.6) is 0 Å². The SMILES string of the molecule is CN=C(NCCCN1CCC(C)CC1)NCCc1nc(-c2ccc(Cl)cc2)no1.I. The molecule has 0 saturated carbocycles. The van der Waals surface area contributed by atoms with Crippen LogP contribution in [0.4, 0.5) is 0 Å². The van der Waals surface area contributed by atoms with Crippen molar-refractivity contribution in [3.63, 3.8) is 0 Å². The summed E-state index contributed by atoms with van der Waals surface area (Å²) in [5, 5.41) is 11.4. The van der Waals surface area contributed by atoms with Crippen molar-refractivity contribution in [1.82, 2.24) is 25.7 Å². The molecular weight excluding hydrogens is 515 g/mol. The lowest BCUT2D eigenvalue weighted by Crippen LogP contribution is -2.40. The number of benzene rings is 1. The second kappa shape index (κ2) is 13.1. The van der Waals surface area contributed by atoms with E-state index in [1.54, 1.807) is 7.05 Å². The summed E-state index contributed by atoms with van der Waals surface area (Å²) in [6.07, 6.45) is 4.40. The third kappa shape index (κ3) is 8.03. The number of nitrogens with one attached hydrogen (secondary N) is 2. The molecule has 2 N–H and O–H groups in total. The summed E-state index contributed by atoms with van der Waals surface area (Å²) in [6.45, 7) is 7.54. The second-order valence-electron chi connectivity index (χ2n) is 7.57. The van der Waals surface area contributed by atoms with Crippen LogP contribution in [0.3, 0.4) is 0 Å². The average Bonchev–Trinajstić information content (AvgIpc) is 3.20. The number of likely N-dealkylation sites (tertiary alicyclic amines) is 1. The lowest BCUT2D eigenvalue weighted by molar-refractivity contribution is 0.191. The Kier molecular flexibility index (Phi) is 10.9. The third-order valence-electron chi connectivity index (χ3n) is 5.25. The van der Waals surface area contributed by atoms with Crippen LogP contribution < -0.4 is 10.6 Å². The second-order valence-corrected chi connectivity index (χ2v) is 8.01. The Bertz CT molecular complexity index is 774. The van der Waals surface area contributed by atoms with Gasteiger partial charge in [-0.2, -0.15) is 4.98 Å². The average molecular weight is 547 g/mol. The van der Waals surface area contributed by atoms with Crippen molar-refractivity contribution in [3.05, 3.63) is 35.2 Å². The van der Waals surface area contributed by atoms with Gasteiger partial charge in [-0.3, -0.25) is 4.99 Å². The molecule has 0 radical (unpaired) electrons. The molecule has 0 bridgehead atoms. The van der Waals surface area contributed by atoms with E-state index in [9.17, 15) is 0 Å². The van der Waals surface area contributed by atoms with E-state index in [2.05, 4.69) is 37.6 Å². The molecule has 7 nitrogen and oxygen atoms in total. The number of piperidine rings is 1. The van der Waals surface area contributed by atoms with E-state index in [4.69, 9.17) is 16.1 Å². The van der Waals surface area contributed by atoms with Crippen LogP contribution in [-0.2, 0) is 6.42 Å². The first-order valence-electron chi connectivity index (χ1n) is 10.4. The van der Waals surface area contributed by atoms with Crippen LogP contribution in [-0.4, -0.2) is 60.8 Å². The summed E-state index contributed by atoms with van der Waals surface area (Å²) in [7, 11) is 1.78. The van der Waals surface area contributed by atoms with E-state index in [1.807, 2.05) is 24.3 Å². The highest BCUT2D eigenvalue weighted by Gasteiger charge is 2.14. The Hall–Kier alpha value is -1.39. The van der Waals surface area contributed by atoms with Crippen molar-refractivity contribution in [1.29, 1.82) is 0 Å². The molecule has 1 fully saturated rings. The number of hydrogen-bond acceptors (Lipinski definition) is 5. The van der Waals surface area contributed by atoms with Crippen LogP contribution in [0, 0.1) is 5.92 Å². The molecule has 0 aliphatic carbocycles. The monoisotopic (exact) mass is 546 g/mol. The molecular formula is C21H32ClIN6O. The molecule has 3 rings (SSSR count). The number of halogens is 2. The van der Waals surface area contributed by atoms with E-state index >= 15 is 0 Å². The largest absolute Gasteiger partial charge is 0.356 e. The summed E-state index contributed by atoms with van der Waals surface area (Å²) in [5.74, 6) is 2.85. The van der Waals surface area contributed by atoms with Gasteiger partial charge in [-0.05, 0) is 69.1 Å². The van der Waals surface area contributed by atoms with Gasteiger partial charge >= 0.3 is 0 Å². The lowest BCUT2D eigenvalue weighted by atomic mass is 9.99. The van der Waals surface area contributed by atoms with Crippen LogP contribution in [0.2, 0.25) is 5.02 Å². The van der Waals surface area contributed by atoms with Crippen LogP contribution in [0.15, 0.2) is 33.8 Å². The highest BCUT2D eigenvalue weighted by Crippen LogP contribution is 2.18. The molecule has 1 aliphatic rings. The minimum absolute atomic E-state index is 0. The van der Waals surface area contributed by atoms with Gasteiger partial charge in [0.1, 0.15) is 0 Å². The first-order chi connectivity index (χ1) is 14.1. The number of guanidine groups is 1. The molecule has 1 aromatic heterocycles. The van der Waals surface area contributed by atoms with Gasteiger partial charge in [0.25, 0.3) is 0 Å². The summed E-state index contributed by atoms with van der Waals surface area (Å²) in [6, 6.07) is 7.39. The highest BCUT2D eigenvalue weighted by molar-refractivity contribution is 14.0. The van der Waals surface area contributed by atoms with Gasteiger partial charge in [-0.1, -0.05) is 23.7 Å². The van der Waals surface area contributed by atoms with Crippen molar-refractivity contribution < 1.29 is 4.52 Å². The van der Waals surface area contributed by atoms with E-state index in [0.717, 1.165) is 37.0 Å². The van der Waals surface area contributed by atoms with E-state index in [-0.39, 0.29) is 24.0 Å². The normalized spacial score (nSPS) is 15.6. The fourth-order valence-electron chi connectivity index (χ4n) is 3.38. The number of aliphatic imine (C=N–C) groups is 1. The molecule has 30 heavy (non-hydrogen) atoms. The van der Waals surface area contributed by atoms with Crippen molar-refractivity contribution >= 4 is 41.5 Å². The fourth-order valence-corrected chi connectivity index (χ4v) is 3.50. The predicted octanol–water partition coefficient (Wildman–Crippen LogP) is 3.84. The Labute approximate surface area is 201 Å². The minimum atomic E-state index is 0. The Balaban J connectivity index is 0.00000320. The first-order valence-corrected chi connectivity index (χ1v) is 10.8. The summed E-state index contributed by atoms with van der Waals surface area (Å²) < 4.78 is 5.34. The third-order valence-corrected chi connectivity index (χ3v) is 5.50. The maximum atomic E-state index is 5.91. The Morgan fingerprint density at radius 2 is 1.90 bits per heavy atom. The molecule has 0 amide bonds. The van der Waals surface area contributed by atoms with E-state index in [0.29, 0.717) is 29.7 Å². The minimum Gasteiger partial charge on any atom is -0.356 e. The zero-order valence-corrected chi connectivity index (χ0v) is 20.8. The maximum Gasteiger partial charge on any atom is 0.228 e. The molecule has 0 spiro atoms. The number of rotatable bonds is 8. The van der Waals surface area contributed by atoms with Gasteiger partial charge in [-0.25, -0.2) is 0 Å². The zero-order chi connectivity index (χ0) is 20.5. The standard InChI is InChI=1S/C21H31ClN6O.HI/c1-16-9-14-28(15-10-16)13-3-11-24-21(23-2)25-12-8-19-26-20(27-29-19)17-4-6-18(22)7-5-17;/h4-7,16H,3,8-15H2,1-2H3,(H2,23,24,25);1H. The van der Waals surface area contributed by atoms with Gasteiger partial charge in [0, 0.05) is 37.1 Å². The lowest BCUT2D eigenvalue weighted by Gasteiger charge is -2.30. The van der Waals surface area contributed by atoms with Crippen molar-refractivity contribution in [2.45, 2.75) is 32.6 Å². The van der Waals surface area contributed by atoms with Crippen LogP contribution in [0.1, 0.15) is 32.1 Å². The van der Waals surface area contributed by atoms with Gasteiger partial charge in [0.15, 0.2) is 5.96 Å². The number of nitrogens with zero attached hydrogens (tertiary/aromatic N) is 4. The Morgan fingerprint density at radius 1 is 1.20 bits per heavy atom. The van der Waals surface area contributed by atoms with Crippen LogP contribution in [0.25, 0.3) is 11.4 Å². The zero-order valence-electron chi connectivity index (χ0n) is 17.7. The topological polar surface area (TPSA) is 78.6 Å². The molecule has 0 unspecified atom stereocenters. The number of aromatic nitrogens is 2. The molecule has 1 aliphatic heterocycles. The molecule has 1 aromatic carbocycles. The molecule has 2 heterocycles. The molecule has 166 valence electrons. The van der Waals surface area contributed by atoms with Crippen molar-refractivity contribution in [3.8, 4) is 11.4 Å². The van der Waals surface area contributed by atoms with Gasteiger partial charge in [0.2, 0.25) is 11.7 Å². The molecule has 1 saturated heterocycles. The van der Waals surface area contributed by atoms with Gasteiger partial charge < -0.3 is 20.1 Å². The van der Waals surface area contributed by atoms with Gasteiger partial charge in [0.05, 0.1) is 0 Å². The van der Waals surface area contributed by atoms with Crippen molar-refractivity contribution in [2.24, 2.45) is 10.9 Å². The predicted molar refractivity (Wildman–Crippen MR) is 133 cm³/mol. The van der Waals surface area contributed by atoms with Gasteiger partial charge in [-0.15, -0.1) is 24.0 Å². The molecule has 0 atom stereocenters. The highest BCUT2D eigenvalue weighted by atomic mass is 127. The Morgan fingerprint density at radius 3 is 2.60 bits per heavy atom. The quantitative estimate of drug-likeness (QED) is 0.227. The van der Waals surface area contributed by atoms with Crippen molar-refractivity contribution in [2.75, 3.05) is 39.8 Å². The molecule has 2 aromatic rings. The smallest absolute Gasteiger partial charge is 0.228 e. The maximum absolute atomic E-state index is 5.91. The van der Waals surface area contributed by atoms with E-state index in [1.165, 1.54) is 25.9 Å². The van der Waals surface area contributed by atoms with E-state index < -0.39 is 0 Å². The van der Waals surface area contributed by atoms with Crippen LogP contribution >= 0.6 is 35.6 Å².